The quantitative estimate of drug-likeness (QED) is 0.220. The molecular formula is C9H15ClO3. The summed E-state index contributed by atoms with van der Waals surface area (Å²) in [6, 6.07) is 0. The first kappa shape index (κ1) is 12.3. The van der Waals surface area contributed by atoms with Gasteiger partial charge in [0.2, 0.25) is 0 Å². The van der Waals surface area contributed by atoms with Crippen LogP contribution in [0.5, 0.6) is 0 Å². The van der Waals surface area contributed by atoms with Crippen LogP contribution in [-0.2, 0) is 14.3 Å². The van der Waals surface area contributed by atoms with Crippen molar-refractivity contribution in [3.05, 3.63) is 11.8 Å². The van der Waals surface area contributed by atoms with Crippen molar-refractivity contribution in [1.82, 2.24) is 0 Å². The summed E-state index contributed by atoms with van der Waals surface area (Å²) < 4.78 is 9.87. The zero-order chi connectivity index (χ0) is 10.1. The minimum absolute atomic E-state index is 0.370. The number of carbonyl (C=O) groups excluding carboxylic acids is 1. The van der Waals surface area contributed by atoms with E-state index < -0.39 is 0 Å². The molecular weight excluding hydrogens is 192 g/mol. The van der Waals surface area contributed by atoms with E-state index in [0.717, 1.165) is 6.42 Å². The lowest BCUT2D eigenvalue weighted by atomic mass is 10.4. The predicted octanol–water partition coefficient (Wildman–Crippen LogP) is 2.10. The van der Waals surface area contributed by atoms with Crippen molar-refractivity contribution >= 4 is 17.6 Å². The largest absolute Gasteiger partial charge is 0.498 e. The third kappa shape index (κ3) is 7.65. The molecule has 0 fully saturated rings. The van der Waals surface area contributed by atoms with E-state index in [0.29, 0.717) is 24.9 Å². The van der Waals surface area contributed by atoms with Crippen LogP contribution >= 0.6 is 11.6 Å². The standard InChI is InChI=1S/C9H15ClO3/c1-3-12-9(11)7-8(2)13-6-4-5-10/h7H,3-6H2,1-2H3/b8-7-. The van der Waals surface area contributed by atoms with Gasteiger partial charge in [0.1, 0.15) is 5.76 Å². The molecule has 0 aliphatic rings. The lowest BCUT2D eigenvalue weighted by molar-refractivity contribution is -0.137. The summed E-state index contributed by atoms with van der Waals surface area (Å²) in [4.78, 5) is 10.9. The van der Waals surface area contributed by atoms with Gasteiger partial charge in [-0.2, -0.15) is 0 Å². The van der Waals surface area contributed by atoms with Crippen LogP contribution in [-0.4, -0.2) is 25.1 Å². The minimum Gasteiger partial charge on any atom is -0.498 e. The minimum atomic E-state index is -0.370. The van der Waals surface area contributed by atoms with E-state index in [1.165, 1.54) is 6.08 Å². The zero-order valence-electron chi connectivity index (χ0n) is 8.01. The molecule has 0 N–H and O–H groups in total. The van der Waals surface area contributed by atoms with Gasteiger partial charge in [-0.15, -0.1) is 11.6 Å². The van der Waals surface area contributed by atoms with Crippen LogP contribution in [0.15, 0.2) is 11.8 Å². The van der Waals surface area contributed by atoms with Gasteiger partial charge in [0.05, 0.1) is 19.3 Å². The number of halogens is 1. The summed E-state index contributed by atoms with van der Waals surface area (Å²) in [7, 11) is 0. The fourth-order valence-electron chi connectivity index (χ4n) is 0.679. The molecule has 0 saturated carbocycles. The third-order valence-electron chi connectivity index (χ3n) is 1.22. The van der Waals surface area contributed by atoms with E-state index in [1.807, 2.05) is 0 Å². The highest BCUT2D eigenvalue weighted by Gasteiger charge is 1.98. The molecule has 0 unspecified atom stereocenters. The fourth-order valence-corrected chi connectivity index (χ4v) is 0.788. The first-order valence-corrected chi connectivity index (χ1v) is 4.78. The summed E-state index contributed by atoms with van der Waals surface area (Å²) in [5.41, 5.74) is 0. The van der Waals surface area contributed by atoms with Crippen LogP contribution in [0.2, 0.25) is 0 Å². The maximum Gasteiger partial charge on any atom is 0.334 e. The van der Waals surface area contributed by atoms with E-state index in [-0.39, 0.29) is 5.97 Å². The molecule has 0 heterocycles. The van der Waals surface area contributed by atoms with E-state index in [4.69, 9.17) is 21.1 Å². The van der Waals surface area contributed by atoms with Gasteiger partial charge in [0, 0.05) is 5.88 Å². The summed E-state index contributed by atoms with van der Waals surface area (Å²) in [6.07, 6.45) is 2.10. The molecule has 0 saturated heterocycles. The van der Waals surface area contributed by atoms with Crippen LogP contribution in [0.1, 0.15) is 20.3 Å². The second-order valence-electron chi connectivity index (χ2n) is 2.40. The highest BCUT2D eigenvalue weighted by molar-refractivity contribution is 6.17. The number of carbonyl (C=O) groups is 1. The summed E-state index contributed by atoms with van der Waals surface area (Å²) in [6.45, 7) is 4.39. The number of allylic oxidation sites excluding steroid dienone is 1. The van der Waals surface area contributed by atoms with Crippen molar-refractivity contribution in [2.45, 2.75) is 20.3 Å². The number of hydrogen-bond donors (Lipinski definition) is 0. The Bertz CT molecular complexity index is 178. The van der Waals surface area contributed by atoms with E-state index in [9.17, 15) is 4.79 Å². The van der Waals surface area contributed by atoms with Crippen molar-refractivity contribution in [3.63, 3.8) is 0 Å². The van der Waals surface area contributed by atoms with E-state index in [1.54, 1.807) is 13.8 Å². The van der Waals surface area contributed by atoms with Crippen LogP contribution in [0.3, 0.4) is 0 Å². The first-order valence-electron chi connectivity index (χ1n) is 4.24. The maximum absolute atomic E-state index is 10.9. The van der Waals surface area contributed by atoms with Gasteiger partial charge in [0.15, 0.2) is 0 Å². The van der Waals surface area contributed by atoms with E-state index in [2.05, 4.69) is 0 Å². The molecule has 76 valence electrons. The van der Waals surface area contributed by atoms with Gasteiger partial charge in [-0.25, -0.2) is 4.79 Å². The van der Waals surface area contributed by atoms with Gasteiger partial charge < -0.3 is 9.47 Å². The predicted molar refractivity (Wildman–Crippen MR) is 51.7 cm³/mol. The molecule has 0 aromatic heterocycles. The first-order chi connectivity index (χ1) is 6.20. The van der Waals surface area contributed by atoms with Crippen molar-refractivity contribution in [1.29, 1.82) is 0 Å². The molecule has 0 spiro atoms. The SMILES string of the molecule is CCOC(=O)/C=C(/C)OCCCCl. The molecule has 0 aromatic rings. The third-order valence-corrected chi connectivity index (χ3v) is 1.48. The number of rotatable bonds is 6. The van der Waals surface area contributed by atoms with Crippen LogP contribution in [0.4, 0.5) is 0 Å². The normalized spacial score (nSPS) is 11.2. The Morgan fingerprint density at radius 1 is 1.46 bits per heavy atom. The van der Waals surface area contributed by atoms with Crippen molar-refractivity contribution < 1.29 is 14.3 Å². The second kappa shape index (κ2) is 7.92. The number of hydrogen-bond acceptors (Lipinski definition) is 3. The Morgan fingerprint density at radius 3 is 2.69 bits per heavy atom. The number of alkyl halides is 1. The molecule has 0 atom stereocenters. The monoisotopic (exact) mass is 206 g/mol. The molecule has 0 radical (unpaired) electrons. The highest BCUT2D eigenvalue weighted by Crippen LogP contribution is 1.98. The summed E-state index contributed by atoms with van der Waals surface area (Å²) >= 11 is 5.45. The van der Waals surface area contributed by atoms with Crippen LogP contribution in [0, 0.1) is 0 Å². The smallest absolute Gasteiger partial charge is 0.334 e. The number of esters is 1. The summed E-state index contributed by atoms with van der Waals surface area (Å²) in [5.74, 6) is 0.751. The lowest BCUT2D eigenvalue weighted by Gasteiger charge is -2.04. The van der Waals surface area contributed by atoms with Crippen molar-refractivity contribution in [2.24, 2.45) is 0 Å². The van der Waals surface area contributed by atoms with Gasteiger partial charge in [-0.1, -0.05) is 0 Å². The molecule has 0 aliphatic carbocycles. The second-order valence-corrected chi connectivity index (χ2v) is 2.78. The number of ether oxygens (including phenoxy) is 2. The average Bonchev–Trinajstić information content (AvgIpc) is 2.05. The lowest BCUT2D eigenvalue weighted by Crippen LogP contribution is -2.02. The van der Waals surface area contributed by atoms with E-state index >= 15 is 0 Å². The van der Waals surface area contributed by atoms with Crippen molar-refractivity contribution in [3.8, 4) is 0 Å². The fraction of sp³-hybridized carbons (Fsp3) is 0.667. The van der Waals surface area contributed by atoms with Crippen molar-refractivity contribution in [2.75, 3.05) is 19.1 Å². The maximum atomic E-state index is 10.9. The molecule has 0 amide bonds. The highest BCUT2D eigenvalue weighted by atomic mass is 35.5. The molecule has 0 aliphatic heterocycles. The molecule has 0 aromatic carbocycles. The van der Waals surface area contributed by atoms with Gasteiger partial charge in [0.25, 0.3) is 0 Å². The average molecular weight is 207 g/mol. The Labute approximate surface area is 83.7 Å². The molecule has 3 nitrogen and oxygen atoms in total. The Hall–Kier alpha value is -0.700. The van der Waals surface area contributed by atoms with Crippen LogP contribution < -0.4 is 0 Å². The Morgan fingerprint density at radius 2 is 2.15 bits per heavy atom. The summed E-state index contributed by atoms with van der Waals surface area (Å²) in [5, 5.41) is 0. The molecule has 4 heteroatoms. The topological polar surface area (TPSA) is 35.5 Å². The van der Waals surface area contributed by atoms with Gasteiger partial charge in [-0.3, -0.25) is 0 Å². The van der Waals surface area contributed by atoms with Crippen LogP contribution in [0.25, 0.3) is 0 Å². The molecule has 13 heavy (non-hydrogen) atoms. The zero-order valence-corrected chi connectivity index (χ0v) is 8.76. The molecule has 0 bridgehead atoms. The Kier molecular flexibility index (Phi) is 7.50. The van der Waals surface area contributed by atoms with Gasteiger partial charge in [-0.05, 0) is 20.3 Å². The Balaban J connectivity index is 3.67. The molecule has 0 rings (SSSR count). The van der Waals surface area contributed by atoms with Gasteiger partial charge >= 0.3 is 5.97 Å².